The van der Waals surface area contributed by atoms with Crippen molar-refractivity contribution < 1.29 is 22.0 Å². The molecule has 2 atom stereocenters. The number of nitrogens with zero attached hydrogens (tertiary/aromatic N) is 1. The first-order valence-electron chi connectivity index (χ1n) is 11.1. The number of allylic oxidation sites excluding steroid dienone is 1. The largest absolute Gasteiger partial charge is 0.298 e. The second-order valence-corrected chi connectivity index (χ2v) is 12.9. The number of aromatic nitrogens is 1. The number of thiazole rings is 1. The van der Waals surface area contributed by atoms with Crippen molar-refractivity contribution >= 4 is 37.8 Å². The van der Waals surface area contributed by atoms with Crippen LogP contribution in [0.5, 0.6) is 0 Å². The number of halogens is 2. The van der Waals surface area contributed by atoms with Crippen LogP contribution in [-0.2, 0) is 20.0 Å². The van der Waals surface area contributed by atoms with E-state index >= 15 is 0 Å². The summed E-state index contributed by atoms with van der Waals surface area (Å²) in [5.41, 5.74) is 1.42. The van der Waals surface area contributed by atoms with Gasteiger partial charge in [-0.1, -0.05) is 39.0 Å². The number of carbonyl (C=O) groups excluding carboxylic acids is 1. The molecule has 2 aromatic rings. The molecule has 2 aliphatic carbocycles. The van der Waals surface area contributed by atoms with Crippen molar-refractivity contribution in [2.45, 2.75) is 74.4 Å². The van der Waals surface area contributed by atoms with E-state index in [1.54, 1.807) is 18.2 Å². The van der Waals surface area contributed by atoms with E-state index < -0.39 is 34.0 Å². The summed E-state index contributed by atoms with van der Waals surface area (Å²) in [5, 5.41) is 4.78. The van der Waals surface area contributed by atoms with Crippen molar-refractivity contribution in [3.8, 4) is 0 Å². The molecule has 0 bridgehead atoms. The normalized spacial score (nSPS) is 24.2. The Kier molecular flexibility index (Phi) is 6.48. The third-order valence-corrected chi connectivity index (χ3v) is 9.08. The molecule has 1 aromatic heterocycles. The number of hydrogen-bond donors (Lipinski definition) is 1. The van der Waals surface area contributed by atoms with E-state index in [1.807, 2.05) is 26.2 Å². The molecule has 2 unspecified atom stereocenters. The molecule has 0 aliphatic heterocycles. The average Bonchev–Trinajstić information content (AvgIpc) is 3.42. The van der Waals surface area contributed by atoms with E-state index in [-0.39, 0.29) is 34.0 Å². The summed E-state index contributed by atoms with van der Waals surface area (Å²) < 4.78 is 52.5. The number of anilines is 1. The molecule has 33 heavy (non-hydrogen) atoms. The summed E-state index contributed by atoms with van der Waals surface area (Å²) in [5.74, 6) is -0.868. The first-order chi connectivity index (χ1) is 15.4. The summed E-state index contributed by atoms with van der Waals surface area (Å²) in [6, 6.07) is 6.15. The third-order valence-electron chi connectivity index (χ3n) is 6.05. The maximum absolute atomic E-state index is 13.8. The number of nitrogens with one attached hydrogen (secondary N) is 1. The van der Waals surface area contributed by atoms with E-state index in [1.165, 1.54) is 23.5 Å². The molecule has 2 saturated carbocycles. The second-order valence-electron chi connectivity index (χ2n) is 9.85. The SMILES string of the molecule is CC(C)(C)c1csc(NC(=O)/C(=C/C2CC(F)C(F)C2)c2ccc(S(=O)(=O)C3CC3)cc2)n1. The molecule has 5 nitrogen and oxygen atoms in total. The van der Waals surface area contributed by atoms with Crippen molar-refractivity contribution in [3.63, 3.8) is 0 Å². The molecule has 4 rings (SSSR count). The van der Waals surface area contributed by atoms with Crippen LogP contribution in [0.25, 0.3) is 5.57 Å². The van der Waals surface area contributed by atoms with Gasteiger partial charge in [-0.05, 0) is 49.3 Å². The highest BCUT2D eigenvalue weighted by molar-refractivity contribution is 7.92. The van der Waals surface area contributed by atoms with Gasteiger partial charge in [0.25, 0.3) is 5.91 Å². The maximum Gasteiger partial charge on any atom is 0.257 e. The van der Waals surface area contributed by atoms with E-state index in [4.69, 9.17) is 0 Å². The molecule has 0 radical (unpaired) electrons. The summed E-state index contributed by atoms with van der Waals surface area (Å²) in [4.78, 5) is 17.9. The molecule has 1 aromatic carbocycles. The van der Waals surface area contributed by atoms with Gasteiger partial charge in [0.05, 0.1) is 15.8 Å². The fourth-order valence-electron chi connectivity index (χ4n) is 3.88. The zero-order chi connectivity index (χ0) is 24.0. The first-order valence-corrected chi connectivity index (χ1v) is 13.5. The van der Waals surface area contributed by atoms with Crippen LogP contribution >= 0.6 is 11.3 Å². The fourth-order valence-corrected chi connectivity index (χ4v) is 6.47. The van der Waals surface area contributed by atoms with E-state index in [9.17, 15) is 22.0 Å². The minimum Gasteiger partial charge on any atom is -0.298 e. The Labute approximate surface area is 197 Å². The quantitative estimate of drug-likeness (QED) is 0.539. The molecule has 9 heteroatoms. The van der Waals surface area contributed by atoms with E-state index in [0.717, 1.165) is 5.69 Å². The zero-order valence-electron chi connectivity index (χ0n) is 18.8. The van der Waals surface area contributed by atoms with Crippen LogP contribution in [0.4, 0.5) is 13.9 Å². The minimum atomic E-state index is -3.35. The number of sulfone groups is 1. The minimum absolute atomic E-state index is 0.0114. The van der Waals surface area contributed by atoms with Crippen LogP contribution in [0.15, 0.2) is 40.6 Å². The Morgan fingerprint density at radius 3 is 2.24 bits per heavy atom. The lowest BCUT2D eigenvalue weighted by atomic mass is 9.93. The number of carbonyl (C=O) groups is 1. The number of rotatable bonds is 6. The average molecular weight is 495 g/mol. The predicted molar refractivity (Wildman–Crippen MR) is 127 cm³/mol. The molecule has 2 aliphatic rings. The van der Waals surface area contributed by atoms with Crippen LogP contribution in [0.3, 0.4) is 0 Å². The van der Waals surface area contributed by atoms with Crippen LogP contribution in [0.1, 0.15) is 57.7 Å². The Bertz CT molecular complexity index is 1150. The predicted octanol–water partition coefficient (Wildman–Crippen LogP) is 5.49. The van der Waals surface area contributed by atoms with Crippen LogP contribution in [0.2, 0.25) is 0 Å². The van der Waals surface area contributed by atoms with Gasteiger partial charge >= 0.3 is 0 Å². The summed E-state index contributed by atoms with van der Waals surface area (Å²) in [6.45, 7) is 6.07. The molecule has 1 amide bonds. The van der Waals surface area contributed by atoms with E-state index in [0.29, 0.717) is 23.5 Å². The van der Waals surface area contributed by atoms with E-state index in [2.05, 4.69) is 10.3 Å². The highest BCUT2D eigenvalue weighted by Crippen LogP contribution is 2.36. The summed E-state index contributed by atoms with van der Waals surface area (Å²) in [6.07, 6.45) is -0.138. The Balaban J connectivity index is 1.62. The van der Waals surface area contributed by atoms with Crippen LogP contribution in [-0.4, -0.2) is 36.9 Å². The molecule has 0 spiro atoms. The van der Waals surface area contributed by atoms with Crippen molar-refractivity contribution in [3.05, 3.63) is 47.0 Å². The molecule has 1 heterocycles. The lowest BCUT2D eigenvalue weighted by Crippen LogP contribution is -2.16. The van der Waals surface area contributed by atoms with Gasteiger partial charge in [0, 0.05) is 16.4 Å². The Morgan fingerprint density at radius 1 is 1.12 bits per heavy atom. The monoisotopic (exact) mass is 494 g/mol. The third kappa shape index (κ3) is 5.35. The molecule has 0 saturated heterocycles. The standard InChI is InChI=1S/C24H28F2N2O3S2/c1-24(2,3)21-13-32-23(27-21)28-22(29)18(10-14-11-19(25)20(26)12-14)15-4-6-16(7-5-15)33(30,31)17-8-9-17/h4-7,10,13-14,17,19-20H,8-9,11-12H2,1-3H3,(H,27,28,29)/b18-10+. The smallest absolute Gasteiger partial charge is 0.257 e. The van der Waals surface area contributed by atoms with Gasteiger partial charge in [-0.2, -0.15) is 0 Å². The topological polar surface area (TPSA) is 76.1 Å². The molecule has 178 valence electrons. The number of hydrogen-bond acceptors (Lipinski definition) is 5. The molecular weight excluding hydrogens is 466 g/mol. The van der Waals surface area contributed by atoms with Gasteiger partial charge in [0.2, 0.25) is 0 Å². The van der Waals surface area contributed by atoms with Crippen molar-refractivity contribution in [1.82, 2.24) is 4.98 Å². The van der Waals surface area contributed by atoms with Gasteiger partial charge in [0.15, 0.2) is 15.0 Å². The van der Waals surface area contributed by atoms with Crippen molar-refractivity contribution in [2.24, 2.45) is 5.92 Å². The zero-order valence-corrected chi connectivity index (χ0v) is 20.5. The molecular formula is C24H28F2N2O3S2. The van der Waals surface area contributed by atoms with Gasteiger partial charge in [-0.25, -0.2) is 22.2 Å². The first kappa shape index (κ1) is 24.0. The van der Waals surface area contributed by atoms with Gasteiger partial charge < -0.3 is 0 Å². The highest BCUT2D eigenvalue weighted by Gasteiger charge is 2.37. The number of benzene rings is 1. The van der Waals surface area contributed by atoms with Gasteiger partial charge in [-0.15, -0.1) is 11.3 Å². The molecule has 1 N–H and O–H groups in total. The maximum atomic E-state index is 13.8. The van der Waals surface area contributed by atoms with Gasteiger partial charge in [-0.3, -0.25) is 10.1 Å². The van der Waals surface area contributed by atoms with Gasteiger partial charge in [0.1, 0.15) is 12.3 Å². The second kappa shape index (κ2) is 8.91. The van der Waals surface area contributed by atoms with Crippen molar-refractivity contribution in [1.29, 1.82) is 0 Å². The lowest BCUT2D eigenvalue weighted by Gasteiger charge is -2.14. The highest BCUT2D eigenvalue weighted by atomic mass is 32.2. The summed E-state index contributed by atoms with van der Waals surface area (Å²) in [7, 11) is -3.35. The number of amides is 1. The fraction of sp³-hybridized carbons (Fsp3) is 0.500. The Morgan fingerprint density at radius 2 is 1.73 bits per heavy atom. The number of alkyl halides is 2. The van der Waals surface area contributed by atoms with Crippen molar-refractivity contribution in [2.75, 3.05) is 5.32 Å². The lowest BCUT2D eigenvalue weighted by molar-refractivity contribution is -0.111. The molecule has 2 fully saturated rings. The Hall–Kier alpha value is -2.13. The van der Waals surface area contributed by atoms with Crippen LogP contribution < -0.4 is 5.32 Å². The van der Waals surface area contributed by atoms with Crippen LogP contribution in [0, 0.1) is 5.92 Å². The summed E-state index contributed by atoms with van der Waals surface area (Å²) >= 11 is 1.31.